The van der Waals surface area contributed by atoms with Gasteiger partial charge in [0.25, 0.3) is 5.56 Å². The van der Waals surface area contributed by atoms with Gasteiger partial charge in [0.2, 0.25) is 0 Å². The highest BCUT2D eigenvalue weighted by atomic mass is 19.1. The van der Waals surface area contributed by atoms with Crippen LogP contribution < -0.4 is 5.56 Å². The number of carbonyl (C=O) groups excluding carboxylic acids is 1. The number of rotatable bonds is 5. The number of aromatic nitrogens is 1. The molecular formula is C17H15FN2O3. The molecule has 118 valence electrons. The Morgan fingerprint density at radius 2 is 1.96 bits per heavy atom. The largest absolute Gasteiger partial charge is 0.466 e. The highest BCUT2D eigenvalue weighted by Crippen LogP contribution is 2.19. The minimum absolute atomic E-state index is 0.0107. The molecule has 1 aromatic carbocycles. The number of carbonyl (C=O) groups is 1. The van der Waals surface area contributed by atoms with Crippen LogP contribution in [-0.4, -0.2) is 17.1 Å². The molecule has 0 spiro atoms. The van der Waals surface area contributed by atoms with Crippen molar-refractivity contribution in [2.75, 3.05) is 6.61 Å². The predicted octanol–water partition coefficient (Wildman–Crippen LogP) is 2.48. The number of nitrogens with zero attached hydrogens (tertiary/aromatic N) is 2. The molecule has 0 bridgehead atoms. The van der Waals surface area contributed by atoms with Crippen molar-refractivity contribution >= 4 is 5.97 Å². The Morgan fingerprint density at radius 1 is 1.26 bits per heavy atom. The number of esters is 1. The molecular weight excluding hydrogens is 299 g/mol. The molecule has 1 heterocycles. The smallest absolute Gasteiger partial charge is 0.307 e. The third kappa shape index (κ3) is 3.83. The maximum atomic E-state index is 13.1. The lowest BCUT2D eigenvalue weighted by atomic mass is 10.1. The van der Waals surface area contributed by atoms with Crippen LogP contribution in [0.1, 0.15) is 18.9 Å². The van der Waals surface area contributed by atoms with Crippen molar-refractivity contribution in [3.8, 4) is 17.3 Å². The van der Waals surface area contributed by atoms with Gasteiger partial charge in [-0.15, -0.1) is 0 Å². The molecule has 5 nitrogen and oxygen atoms in total. The van der Waals surface area contributed by atoms with E-state index in [1.807, 2.05) is 6.07 Å². The molecule has 2 aromatic rings. The molecule has 0 aliphatic heterocycles. The fourth-order valence-corrected chi connectivity index (χ4v) is 2.19. The second-order valence-corrected chi connectivity index (χ2v) is 4.76. The average Bonchev–Trinajstić information content (AvgIpc) is 2.54. The van der Waals surface area contributed by atoms with Crippen molar-refractivity contribution in [1.82, 2.24) is 4.57 Å². The van der Waals surface area contributed by atoms with Crippen molar-refractivity contribution in [2.45, 2.75) is 19.9 Å². The maximum absolute atomic E-state index is 13.1. The van der Waals surface area contributed by atoms with E-state index < -0.39 is 11.5 Å². The number of hydrogen-bond donors (Lipinski definition) is 0. The summed E-state index contributed by atoms with van der Waals surface area (Å²) in [7, 11) is 0. The van der Waals surface area contributed by atoms with Crippen LogP contribution in [-0.2, 0) is 16.1 Å². The van der Waals surface area contributed by atoms with Crippen LogP contribution >= 0.6 is 0 Å². The predicted molar refractivity (Wildman–Crippen MR) is 82.1 cm³/mol. The minimum atomic E-state index is -0.487. The number of halogens is 1. The Labute approximate surface area is 132 Å². The zero-order valence-corrected chi connectivity index (χ0v) is 12.6. The Balaban J connectivity index is 2.44. The maximum Gasteiger partial charge on any atom is 0.307 e. The van der Waals surface area contributed by atoms with Crippen molar-refractivity contribution in [2.24, 2.45) is 0 Å². The summed E-state index contributed by atoms with van der Waals surface area (Å²) >= 11 is 0. The van der Waals surface area contributed by atoms with Gasteiger partial charge in [0, 0.05) is 6.54 Å². The molecule has 6 heteroatoms. The SMILES string of the molecule is CCOC(=O)CCn1c(-c2ccc(F)cc2)ccc(C#N)c1=O. The Kier molecular flexibility index (Phi) is 5.26. The third-order valence-corrected chi connectivity index (χ3v) is 3.28. The van der Waals surface area contributed by atoms with Crippen LogP contribution in [0.5, 0.6) is 0 Å². The fourth-order valence-electron chi connectivity index (χ4n) is 2.19. The van der Waals surface area contributed by atoms with Gasteiger partial charge in [0.05, 0.1) is 18.7 Å². The van der Waals surface area contributed by atoms with Gasteiger partial charge >= 0.3 is 5.97 Å². The van der Waals surface area contributed by atoms with Gasteiger partial charge < -0.3 is 9.30 Å². The highest BCUT2D eigenvalue weighted by molar-refractivity contribution is 5.69. The Bertz CT molecular complexity index is 804. The molecule has 0 fully saturated rings. The van der Waals surface area contributed by atoms with Gasteiger partial charge in [0.15, 0.2) is 0 Å². The normalized spacial score (nSPS) is 10.1. The molecule has 23 heavy (non-hydrogen) atoms. The first kappa shape index (κ1) is 16.4. The van der Waals surface area contributed by atoms with Gasteiger partial charge in [-0.2, -0.15) is 5.26 Å². The molecule has 0 N–H and O–H groups in total. The number of nitriles is 1. The molecule has 0 unspecified atom stereocenters. The quantitative estimate of drug-likeness (QED) is 0.795. The average molecular weight is 314 g/mol. The third-order valence-electron chi connectivity index (χ3n) is 3.28. The van der Waals surface area contributed by atoms with E-state index in [-0.39, 0.29) is 31.0 Å². The molecule has 0 aliphatic rings. The van der Waals surface area contributed by atoms with E-state index in [0.717, 1.165) is 0 Å². The molecule has 0 aliphatic carbocycles. The molecule has 0 saturated heterocycles. The van der Waals surface area contributed by atoms with E-state index in [1.54, 1.807) is 13.0 Å². The fraction of sp³-hybridized carbons (Fsp3) is 0.235. The number of ether oxygens (including phenoxy) is 1. The molecule has 1 aromatic heterocycles. The number of pyridine rings is 1. The van der Waals surface area contributed by atoms with Gasteiger partial charge in [-0.1, -0.05) is 0 Å². The first-order valence-electron chi connectivity index (χ1n) is 7.12. The summed E-state index contributed by atoms with van der Waals surface area (Å²) in [6.07, 6.45) is 0.0107. The molecule has 2 rings (SSSR count). The number of benzene rings is 1. The molecule has 0 amide bonds. The van der Waals surface area contributed by atoms with Crippen molar-refractivity contribution < 1.29 is 13.9 Å². The lowest BCUT2D eigenvalue weighted by Crippen LogP contribution is -2.25. The zero-order valence-electron chi connectivity index (χ0n) is 12.6. The van der Waals surface area contributed by atoms with Crippen LogP contribution in [0.2, 0.25) is 0 Å². The highest BCUT2D eigenvalue weighted by Gasteiger charge is 2.12. The summed E-state index contributed by atoms with van der Waals surface area (Å²) in [6.45, 7) is 2.04. The van der Waals surface area contributed by atoms with E-state index in [9.17, 15) is 14.0 Å². The lowest BCUT2D eigenvalue weighted by molar-refractivity contribution is -0.143. The van der Waals surface area contributed by atoms with E-state index in [0.29, 0.717) is 11.3 Å². The summed E-state index contributed by atoms with van der Waals surface area (Å²) in [5.41, 5.74) is 0.633. The summed E-state index contributed by atoms with van der Waals surface area (Å²) in [4.78, 5) is 23.9. The second-order valence-electron chi connectivity index (χ2n) is 4.76. The summed E-state index contributed by atoms with van der Waals surface area (Å²) < 4.78 is 19.3. The van der Waals surface area contributed by atoms with Gasteiger partial charge in [-0.05, 0) is 48.9 Å². The van der Waals surface area contributed by atoms with E-state index in [2.05, 4.69) is 0 Å². The van der Waals surface area contributed by atoms with E-state index >= 15 is 0 Å². The van der Waals surface area contributed by atoms with Crippen LogP contribution in [0.3, 0.4) is 0 Å². The topological polar surface area (TPSA) is 72.1 Å². The first-order chi connectivity index (χ1) is 11.1. The molecule has 0 radical (unpaired) electrons. The number of hydrogen-bond acceptors (Lipinski definition) is 4. The lowest BCUT2D eigenvalue weighted by Gasteiger charge is -2.13. The Morgan fingerprint density at radius 3 is 2.57 bits per heavy atom. The van der Waals surface area contributed by atoms with E-state index in [4.69, 9.17) is 10.00 Å². The summed E-state index contributed by atoms with van der Waals surface area (Å²) in [5, 5.41) is 9.00. The standard InChI is InChI=1S/C17H15FN2O3/c1-2-23-16(21)9-10-20-15(8-5-13(11-19)17(20)22)12-3-6-14(18)7-4-12/h3-8H,2,9-10H2,1H3. The van der Waals surface area contributed by atoms with Crippen LogP contribution in [0.25, 0.3) is 11.3 Å². The van der Waals surface area contributed by atoms with Crippen LogP contribution in [0.4, 0.5) is 4.39 Å². The van der Waals surface area contributed by atoms with Crippen molar-refractivity contribution in [3.05, 3.63) is 58.1 Å². The van der Waals surface area contributed by atoms with Gasteiger partial charge in [-0.3, -0.25) is 9.59 Å². The summed E-state index contributed by atoms with van der Waals surface area (Å²) in [6, 6.07) is 10.5. The Hall–Kier alpha value is -2.94. The van der Waals surface area contributed by atoms with E-state index in [1.165, 1.54) is 34.9 Å². The monoisotopic (exact) mass is 314 g/mol. The zero-order chi connectivity index (χ0) is 16.8. The van der Waals surface area contributed by atoms with Gasteiger partial charge in [-0.25, -0.2) is 4.39 Å². The van der Waals surface area contributed by atoms with Crippen LogP contribution in [0, 0.1) is 17.1 Å². The molecule has 0 atom stereocenters. The first-order valence-corrected chi connectivity index (χ1v) is 7.12. The molecule has 0 saturated carbocycles. The van der Waals surface area contributed by atoms with Crippen molar-refractivity contribution in [1.29, 1.82) is 5.26 Å². The summed E-state index contributed by atoms with van der Waals surface area (Å²) in [5.74, 6) is -0.811. The second kappa shape index (κ2) is 7.36. The van der Waals surface area contributed by atoms with Gasteiger partial charge in [0.1, 0.15) is 17.4 Å². The van der Waals surface area contributed by atoms with Crippen LogP contribution in [0.15, 0.2) is 41.2 Å². The minimum Gasteiger partial charge on any atom is -0.466 e. The van der Waals surface area contributed by atoms with Crippen molar-refractivity contribution in [3.63, 3.8) is 0 Å².